The van der Waals surface area contributed by atoms with E-state index in [0.29, 0.717) is 23.6 Å². The first-order chi connectivity index (χ1) is 9.34. The van der Waals surface area contributed by atoms with Crippen LogP contribution in [0.5, 0.6) is 0 Å². The van der Waals surface area contributed by atoms with Gasteiger partial charge in [0.25, 0.3) is 5.69 Å². The Hall–Kier alpha value is -1.66. The van der Waals surface area contributed by atoms with E-state index in [1.54, 1.807) is 24.0 Å². The van der Waals surface area contributed by atoms with Gasteiger partial charge in [-0.1, -0.05) is 11.6 Å². The number of carboxylic acid groups (broad SMARTS) is 1. The molecule has 1 fully saturated rings. The average molecular weight is 299 g/mol. The van der Waals surface area contributed by atoms with Crippen LogP contribution in [0.4, 0.5) is 5.69 Å². The lowest BCUT2D eigenvalue weighted by atomic mass is 9.98. The predicted octanol–water partition coefficient (Wildman–Crippen LogP) is 2.69. The fraction of sp³-hybridized carbons (Fsp3) is 0.462. The van der Waals surface area contributed by atoms with Crippen molar-refractivity contribution in [1.29, 1.82) is 0 Å². The Morgan fingerprint density at radius 1 is 1.60 bits per heavy atom. The summed E-state index contributed by atoms with van der Waals surface area (Å²) >= 11 is 5.77. The van der Waals surface area contributed by atoms with Gasteiger partial charge in [0.2, 0.25) is 0 Å². The molecule has 1 saturated heterocycles. The van der Waals surface area contributed by atoms with Gasteiger partial charge in [-0.15, -0.1) is 0 Å². The first-order valence-corrected chi connectivity index (χ1v) is 6.63. The maximum Gasteiger partial charge on any atom is 0.323 e. The molecule has 6 nitrogen and oxygen atoms in total. The van der Waals surface area contributed by atoms with Crippen LogP contribution in [0.3, 0.4) is 0 Å². The van der Waals surface area contributed by atoms with Gasteiger partial charge in [0, 0.05) is 23.2 Å². The van der Waals surface area contributed by atoms with Crippen molar-refractivity contribution in [3.8, 4) is 0 Å². The van der Waals surface area contributed by atoms with Crippen LogP contribution in [0.25, 0.3) is 0 Å². The normalized spacial score (nSPS) is 22.9. The quantitative estimate of drug-likeness (QED) is 0.682. The van der Waals surface area contributed by atoms with Crippen LogP contribution in [0.2, 0.25) is 5.02 Å². The van der Waals surface area contributed by atoms with Crippen molar-refractivity contribution in [2.75, 3.05) is 6.54 Å². The second-order valence-electron chi connectivity index (χ2n) is 5.13. The molecule has 1 aliphatic heterocycles. The molecule has 108 valence electrons. The molecular weight excluding hydrogens is 284 g/mol. The van der Waals surface area contributed by atoms with Gasteiger partial charge in [0.1, 0.15) is 5.54 Å². The van der Waals surface area contributed by atoms with Gasteiger partial charge in [-0.3, -0.25) is 19.8 Å². The Labute approximate surface area is 121 Å². The van der Waals surface area contributed by atoms with Crippen LogP contribution in [0, 0.1) is 10.1 Å². The van der Waals surface area contributed by atoms with E-state index in [0.717, 1.165) is 6.42 Å². The molecule has 1 N–H and O–H groups in total. The summed E-state index contributed by atoms with van der Waals surface area (Å²) in [5, 5.41) is 20.7. The molecule has 0 bridgehead atoms. The summed E-state index contributed by atoms with van der Waals surface area (Å²) in [7, 11) is 0. The number of aliphatic carboxylic acids is 1. The Kier molecular flexibility index (Phi) is 3.96. The number of likely N-dealkylation sites (tertiary alicyclic amines) is 1. The Morgan fingerprint density at radius 2 is 2.30 bits per heavy atom. The smallest absolute Gasteiger partial charge is 0.323 e. The molecule has 0 spiro atoms. The number of nitro groups is 1. The number of hydrogen-bond donors (Lipinski definition) is 1. The van der Waals surface area contributed by atoms with Crippen molar-refractivity contribution < 1.29 is 14.8 Å². The van der Waals surface area contributed by atoms with Crippen molar-refractivity contribution in [3.63, 3.8) is 0 Å². The van der Waals surface area contributed by atoms with E-state index in [4.69, 9.17) is 11.6 Å². The van der Waals surface area contributed by atoms with Gasteiger partial charge < -0.3 is 5.11 Å². The van der Waals surface area contributed by atoms with E-state index < -0.39 is 16.4 Å². The Balaban J connectivity index is 2.31. The highest BCUT2D eigenvalue weighted by Gasteiger charge is 2.43. The topological polar surface area (TPSA) is 83.7 Å². The minimum absolute atomic E-state index is 0.0721. The van der Waals surface area contributed by atoms with Crippen LogP contribution in [-0.2, 0) is 11.3 Å². The van der Waals surface area contributed by atoms with Gasteiger partial charge in [0.05, 0.1) is 4.92 Å². The third-order valence-electron chi connectivity index (χ3n) is 3.86. The van der Waals surface area contributed by atoms with E-state index in [1.165, 1.54) is 6.07 Å². The summed E-state index contributed by atoms with van der Waals surface area (Å²) in [6.45, 7) is 2.50. The van der Waals surface area contributed by atoms with Crippen LogP contribution in [0.1, 0.15) is 25.3 Å². The van der Waals surface area contributed by atoms with Crippen molar-refractivity contribution in [2.45, 2.75) is 31.8 Å². The van der Waals surface area contributed by atoms with E-state index in [9.17, 15) is 20.0 Å². The number of nitrogens with zero attached hydrogens (tertiary/aromatic N) is 2. The monoisotopic (exact) mass is 298 g/mol. The molecule has 7 heteroatoms. The maximum absolute atomic E-state index is 11.4. The highest BCUT2D eigenvalue weighted by molar-refractivity contribution is 6.30. The lowest BCUT2D eigenvalue weighted by Crippen LogP contribution is -2.47. The van der Waals surface area contributed by atoms with Crippen molar-refractivity contribution in [2.24, 2.45) is 0 Å². The van der Waals surface area contributed by atoms with E-state index in [2.05, 4.69) is 0 Å². The predicted molar refractivity (Wildman–Crippen MR) is 73.8 cm³/mol. The summed E-state index contributed by atoms with van der Waals surface area (Å²) in [6.07, 6.45) is 1.31. The highest BCUT2D eigenvalue weighted by Crippen LogP contribution is 2.33. The molecule has 0 saturated carbocycles. The van der Waals surface area contributed by atoms with E-state index in [1.807, 2.05) is 0 Å². The molecular formula is C13H15ClN2O4. The van der Waals surface area contributed by atoms with E-state index in [-0.39, 0.29) is 12.2 Å². The summed E-state index contributed by atoms with van der Waals surface area (Å²) in [5.41, 5.74) is -0.557. The summed E-state index contributed by atoms with van der Waals surface area (Å²) in [4.78, 5) is 23.7. The third-order valence-corrected chi connectivity index (χ3v) is 4.09. The third kappa shape index (κ3) is 2.62. The number of carboxylic acids is 1. The Morgan fingerprint density at radius 3 is 2.90 bits per heavy atom. The van der Waals surface area contributed by atoms with Gasteiger partial charge in [-0.05, 0) is 38.4 Å². The van der Waals surface area contributed by atoms with Crippen molar-refractivity contribution in [1.82, 2.24) is 4.90 Å². The molecule has 0 amide bonds. The SMILES string of the molecule is CC1(C(=O)O)CCCN1Cc1ccc(Cl)cc1[N+](=O)[O-]. The fourth-order valence-electron chi connectivity index (χ4n) is 2.56. The summed E-state index contributed by atoms with van der Waals surface area (Å²) in [5.74, 6) is -0.897. The molecule has 0 radical (unpaired) electrons. The number of hydrogen-bond acceptors (Lipinski definition) is 4. The van der Waals surface area contributed by atoms with Gasteiger partial charge in [-0.25, -0.2) is 0 Å². The lowest BCUT2D eigenvalue weighted by Gasteiger charge is -2.30. The molecule has 1 heterocycles. The lowest BCUT2D eigenvalue weighted by molar-refractivity contribution is -0.385. The molecule has 1 atom stereocenters. The first kappa shape index (κ1) is 14.7. The number of rotatable bonds is 4. The molecule has 0 aliphatic carbocycles. The average Bonchev–Trinajstić information content (AvgIpc) is 2.74. The number of benzene rings is 1. The summed E-state index contributed by atoms with van der Waals surface area (Å²) in [6, 6.07) is 4.46. The minimum Gasteiger partial charge on any atom is -0.480 e. The van der Waals surface area contributed by atoms with Gasteiger partial charge in [0.15, 0.2) is 0 Å². The van der Waals surface area contributed by atoms with Crippen LogP contribution < -0.4 is 0 Å². The van der Waals surface area contributed by atoms with Crippen LogP contribution >= 0.6 is 11.6 Å². The van der Waals surface area contributed by atoms with Gasteiger partial charge >= 0.3 is 5.97 Å². The zero-order valence-corrected chi connectivity index (χ0v) is 11.8. The zero-order valence-electron chi connectivity index (χ0n) is 11.0. The fourth-order valence-corrected chi connectivity index (χ4v) is 2.73. The van der Waals surface area contributed by atoms with Crippen LogP contribution in [0.15, 0.2) is 18.2 Å². The standard InChI is InChI=1S/C13H15ClN2O4/c1-13(12(17)18)5-2-6-15(13)8-9-3-4-10(14)7-11(9)16(19)20/h3-4,7H,2,5-6,8H2,1H3,(H,17,18). The number of halogens is 1. The van der Waals surface area contributed by atoms with Crippen LogP contribution in [-0.4, -0.2) is 33.0 Å². The molecule has 1 aromatic rings. The molecule has 1 aliphatic rings. The molecule has 20 heavy (non-hydrogen) atoms. The number of carbonyl (C=O) groups is 1. The molecule has 1 unspecified atom stereocenters. The zero-order chi connectivity index (χ0) is 14.9. The largest absolute Gasteiger partial charge is 0.480 e. The van der Waals surface area contributed by atoms with Crippen molar-refractivity contribution in [3.05, 3.63) is 38.9 Å². The maximum atomic E-state index is 11.4. The van der Waals surface area contributed by atoms with Gasteiger partial charge in [-0.2, -0.15) is 0 Å². The van der Waals surface area contributed by atoms with Crippen molar-refractivity contribution >= 4 is 23.3 Å². The number of nitro benzene ring substituents is 1. The molecule has 1 aromatic carbocycles. The second-order valence-corrected chi connectivity index (χ2v) is 5.57. The van der Waals surface area contributed by atoms with E-state index >= 15 is 0 Å². The first-order valence-electron chi connectivity index (χ1n) is 6.26. The highest BCUT2D eigenvalue weighted by atomic mass is 35.5. The molecule has 0 aromatic heterocycles. The second kappa shape index (κ2) is 5.38. The summed E-state index contributed by atoms with van der Waals surface area (Å²) < 4.78 is 0. The molecule has 2 rings (SSSR count). The minimum atomic E-state index is -0.965. The Bertz CT molecular complexity index is 563.